The highest BCUT2D eigenvalue weighted by molar-refractivity contribution is 7.09. The number of amides is 1. The number of ether oxygens (including phenoxy) is 2. The van der Waals surface area contributed by atoms with Gasteiger partial charge in [-0.25, -0.2) is 0 Å². The Morgan fingerprint density at radius 3 is 2.72 bits per heavy atom. The van der Waals surface area contributed by atoms with E-state index >= 15 is 0 Å². The SMILES string of the molecule is CCN(Cc1ccc(OCc2cccs2)c(OC)c1)C(=O)c1ccccc1-n1cnnn1. The van der Waals surface area contributed by atoms with Gasteiger partial charge in [0.25, 0.3) is 5.91 Å². The summed E-state index contributed by atoms with van der Waals surface area (Å²) < 4.78 is 12.9. The smallest absolute Gasteiger partial charge is 0.256 e. The molecule has 0 saturated heterocycles. The van der Waals surface area contributed by atoms with Crippen LogP contribution in [0.3, 0.4) is 0 Å². The number of carbonyl (C=O) groups is 1. The van der Waals surface area contributed by atoms with Gasteiger partial charge >= 0.3 is 0 Å². The van der Waals surface area contributed by atoms with Crippen LogP contribution in [-0.4, -0.2) is 44.7 Å². The molecule has 2 aromatic heterocycles. The summed E-state index contributed by atoms with van der Waals surface area (Å²) >= 11 is 1.65. The Hall–Kier alpha value is -3.72. The molecule has 1 amide bonds. The number of para-hydroxylation sites is 1. The summed E-state index contributed by atoms with van der Waals surface area (Å²) in [5, 5.41) is 13.3. The first-order chi connectivity index (χ1) is 15.7. The van der Waals surface area contributed by atoms with E-state index in [4.69, 9.17) is 9.47 Å². The maximum absolute atomic E-state index is 13.3. The topological polar surface area (TPSA) is 82.4 Å². The third-order valence-electron chi connectivity index (χ3n) is 4.95. The molecule has 4 aromatic rings. The molecular weight excluding hydrogens is 426 g/mol. The van der Waals surface area contributed by atoms with Crippen molar-refractivity contribution in [2.24, 2.45) is 0 Å². The van der Waals surface area contributed by atoms with Crippen molar-refractivity contribution < 1.29 is 14.3 Å². The van der Waals surface area contributed by atoms with Gasteiger partial charge in [0.05, 0.1) is 18.4 Å². The van der Waals surface area contributed by atoms with Gasteiger partial charge in [-0.3, -0.25) is 4.79 Å². The van der Waals surface area contributed by atoms with Crippen LogP contribution in [0, 0.1) is 0 Å². The fourth-order valence-electron chi connectivity index (χ4n) is 3.32. The summed E-state index contributed by atoms with van der Waals surface area (Å²) in [6.45, 7) is 3.41. The molecule has 0 N–H and O–H groups in total. The maximum atomic E-state index is 13.3. The van der Waals surface area contributed by atoms with E-state index in [0.717, 1.165) is 10.4 Å². The molecule has 0 spiro atoms. The number of methoxy groups -OCH3 is 1. The number of nitrogens with zero attached hydrogens (tertiary/aromatic N) is 5. The maximum Gasteiger partial charge on any atom is 0.256 e. The third-order valence-corrected chi connectivity index (χ3v) is 5.80. The lowest BCUT2D eigenvalue weighted by molar-refractivity contribution is 0.0752. The molecule has 0 radical (unpaired) electrons. The molecule has 0 aliphatic carbocycles. The second kappa shape index (κ2) is 10.1. The zero-order chi connectivity index (χ0) is 22.3. The molecule has 0 aliphatic rings. The van der Waals surface area contributed by atoms with Crippen LogP contribution in [0.1, 0.15) is 27.7 Å². The summed E-state index contributed by atoms with van der Waals surface area (Å²) in [6.07, 6.45) is 1.47. The Balaban J connectivity index is 1.52. The van der Waals surface area contributed by atoms with Crippen molar-refractivity contribution in [3.63, 3.8) is 0 Å². The van der Waals surface area contributed by atoms with Gasteiger partial charge in [-0.1, -0.05) is 24.3 Å². The van der Waals surface area contributed by atoms with Crippen molar-refractivity contribution in [3.05, 3.63) is 82.3 Å². The Labute approximate surface area is 190 Å². The van der Waals surface area contributed by atoms with Gasteiger partial charge in [0.15, 0.2) is 11.5 Å². The van der Waals surface area contributed by atoms with E-state index in [2.05, 4.69) is 15.5 Å². The van der Waals surface area contributed by atoms with Crippen LogP contribution in [0.15, 0.2) is 66.3 Å². The molecule has 32 heavy (non-hydrogen) atoms. The summed E-state index contributed by atoms with van der Waals surface area (Å²) in [4.78, 5) is 16.2. The minimum atomic E-state index is -0.101. The lowest BCUT2D eigenvalue weighted by atomic mass is 10.1. The van der Waals surface area contributed by atoms with Crippen LogP contribution < -0.4 is 9.47 Å². The second-order valence-electron chi connectivity index (χ2n) is 6.94. The van der Waals surface area contributed by atoms with E-state index in [0.29, 0.717) is 42.4 Å². The van der Waals surface area contributed by atoms with Crippen molar-refractivity contribution in [1.29, 1.82) is 0 Å². The Morgan fingerprint density at radius 1 is 1.12 bits per heavy atom. The average Bonchev–Trinajstić information content (AvgIpc) is 3.55. The third kappa shape index (κ3) is 4.78. The number of tetrazole rings is 1. The van der Waals surface area contributed by atoms with Gasteiger partial charge in [-0.05, 0) is 58.6 Å². The van der Waals surface area contributed by atoms with Crippen LogP contribution in [0.25, 0.3) is 5.69 Å². The number of hydrogen-bond acceptors (Lipinski definition) is 7. The van der Waals surface area contributed by atoms with Gasteiger partial charge in [0.2, 0.25) is 0 Å². The molecule has 0 unspecified atom stereocenters. The van der Waals surface area contributed by atoms with Crippen LogP contribution in [0.4, 0.5) is 0 Å². The van der Waals surface area contributed by atoms with Crippen molar-refractivity contribution in [1.82, 2.24) is 25.1 Å². The van der Waals surface area contributed by atoms with Gasteiger partial charge in [0, 0.05) is 18.0 Å². The number of hydrogen-bond donors (Lipinski definition) is 0. The number of carbonyl (C=O) groups excluding carboxylic acids is 1. The predicted octanol–water partition coefficient (Wildman–Crippen LogP) is 3.97. The van der Waals surface area contributed by atoms with Crippen molar-refractivity contribution in [2.45, 2.75) is 20.1 Å². The van der Waals surface area contributed by atoms with Crippen molar-refractivity contribution in [2.75, 3.05) is 13.7 Å². The summed E-state index contributed by atoms with van der Waals surface area (Å²) in [5.41, 5.74) is 2.11. The van der Waals surface area contributed by atoms with E-state index in [1.807, 2.05) is 60.8 Å². The molecular formula is C23H23N5O3S. The minimum Gasteiger partial charge on any atom is -0.493 e. The summed E-state index contributed by atoms with van der Waals surface area (Å²) in [6, 6.07) is 17.1. The van der Waals surface area contributed by atoms with Gasteiger partial charge in [-0.15, -0.1) is 16.4 Å². The van der Waals surface area contributed by atoms with E-state index in [-0.39, 0.29) is 5.91 Å². The first-order valence-electron chi connectivity index (χ1n) is 10.1. The minimum absolute atomic E-state index is 0.101. The van der Waals surface area contributed by atoms with Crippen molar-refractivity contribution >= 4 is 17.2 Å². The van der Waals surface area contributed by atoms with E-state index in [1.54, 1.807) is 29.4 Å². The molecule has 2 heterocycles. The molecule has 4 rings (SSSR count). The Bertz CT molecular complexity index is 1160. The van der Waals surface area contributed by atoms with Crippen LogP contribution in [0.2, 0.25) is 0 Å². The Morgan fingerprint density at radius 2 is 2.00 bits per heavy atom. The monoisotopic (exact) mass is 449 g/mol. The fraction of sp³-hybridized carbons (Fsp3) is 0.217. The highest BCUT2D eigenvalue weighted by atomic mass is 32.1. The normalized spacial score (nSPS) is 10.7. The first-order valence-corrected chi connectivity index (χ1v) is 11.0. The number of benzene rings is 2. The van der Waals surface area contributed by atoms with E-state index in [1.165, 1.54) is 11.0 Å². The molecule has 164 valence electrons. The van der Waals surface area contributed by atoms with Crippen LogP contribution in [0.5, 0.6) is 11.5 Å². The van der Waals surface area contributed by atoms with Gasteiger partial charge in [-0.2, -0.15) is 4.68 Å². The summed E-state index contributed by atoms with van der Waals surface area (Å²) in [7, 11) is 1.61. The highest BCUT2D eigenvalue weighted by Crippen LogP contribution is 2.30. The van der Waals surface area contributed by atoms with Crippen LogP contribution >= 0.6 is 11.3 Å². The predicted molar refractivity (Wildman–Crippen MR) is 121 cm³/mol. The first kappa shape index (κ1) is 21.5. The lowest BCUT2D eigenvalue weighted by Gasteiger charge is -2.23. The van der Waals surface area contributed by atoms with Gasteiger partial charge in [0.1, 0.15) is 12.9 Å². The summed E-state index contributed by atoms with van der Waals surface area (Å²) in [5.74, 6) is 1.20. The van der Waals surface area contributed by atoms with Crippen molar-refractivity contribution in [3.8, 4) is 17.2 Å². The van der Waals surface area contributed by atoms with E-state index < -0.39 is 0 Å². The molecule has 2 aromatic carbocycles. The quantitative estimate of drug-likeness (QED) is 0.385. The Kier molecular flexibility index (Phi) is 6.76. The zero-order valence-corrected chi connectivity index (χ0v) is 18.7. The number of rotatable bonds is 9. The number of thiophene rings is 1. The molecule has 0 bridgehead atoms. The fourth-order valence-corrected chi connectivity index (χ4v) is 3.93. The molecule has 0 atom stereocenters. The van der Waals surface area contributed by atoms with Gasteiger partial charge < -0.3 is 14.4 Å². The molecule has 0 aliphatic heterocycles. The van der Waals surface area contributed by atoms with Crippen LogP contribution in [-0.2, 0) is 13.2 Å². The highest BCUT2D eigenvalue weighted by Gasteiger charge is 2.20. The average molecular weight is 450 g/mol. The zero-order valence-electron chi connectivity index (χ0n) is 17.8. The molecule has 9 heteroatoms. The molecule has 0 saturated carbocycles. The molecule has 0 fully saturated rings. The van der Waals surface area contributed by atoms with E-state index in [9.17, 15) is 4.79 Å². The molecule has 8 nitrogen and oxygen atoms in total. The largest absolute Gasteiger partial charge is 0.493 e. The lowest BCUT2D eigenvalue weighted by Crippen LogP contribution is -2.31. The number of aromatic nitrogens is 4. The second-order valence-corrected chi connectivity index (χ2v) is 7.98. The standard InChI is InChI=1S/C23H23N5O3S/c1-3-27(23(29)19-8-4-5-9-20(19)28-16-24-25-26-28)14-17-10-11-21(22(13-17)30-2)31-15-18-7-6-12-32-18/h4-13,16H,3,14-15H2,1-2H3.